The molecule has 0 saturated carbocycles. The molecule has 0 aliphatic heterocycles. The highest BCUT2D eigenvalue weighted by Crippen LogP contribution is 2.29. The van der Waals surface area contributed by atoms with Gasteiger partial charge in [0.05, 0.1) is 19.9 Å². The fourth-order valence-electron chi connectivity index (χ4n) is 1.88. The quantitative estimate of drug-likeness (QED) is 0.897. The second kappa shape index (κ2) is 6.34. The smallest absolute Gasteiger partial charge is 0.141 e. The third-order valence-corrected chi connectivity index (χ3v) is 3.21. The van der Waals surface area contributed by atoms with Crippen LogP contribution in [0.3, 0.4) is 0 Å². The van der Waals surface area contributed by atoms with Crippen LogP contribution in [-0.4, -0.2) is 14.2 Å². The van der Waals surface area contributed by atoms with Crippen LogP contribution in [0.4, 0.5) is 5.69 Å². The molecule has 0 heterocycles. The summed E-state index contributed by atoms with van der Waals surface area (Å²) in [5, 5.41) is 3.99. The van der Waals surface area contributed by atoms with Crippen molar-refractivity contribution >= 4 is 17.3 Å². The molecule has 0 amide bonds. The lowest BCUT2D eigenvalue weighted by Gasteiger charge is -2.14. The van der Waals surface area contributed by atoms with Crippen LogP contribution in [0.25, 0.3) is 0 Å². The van der Waals surface area contributed by atoms with Crippen molar-refractivity contribution in [3.8, 4) is 11.5 Å². The van der Waals surface area contributed by atoms with Gasteiger partial charge in [-0.3, -0.25) is 0 Å². The molecule has 2 aromatic carbocycles. The fraction of sp³-hybridized carbons (Fsp3) is 0.200. The molecule has 3 nitrogen and oxygen atoms in total. The summed E-state index contributed by atoms with van der Waals surface area (Å²) < 4.78 is 10.6. The van der Waals surface area contributed by atoms with Gasteiger partial charge in [0.1, 0.15) is 11.5 Å². The van der Waals surface area contributed by atoms with Crippen LogP contribution in [-0.2, 0) is 6.54 Å². The molecule has 4 heteroatoms. The predicted molar refractivity (Wildman–Crippen MR) is 78.3 cm³/mol. The van der Waals surface area contributed by atoms with Gasteiger partial charge in [0.25, 0.3) is 0 Å². The molecule has 0 aromatic heterocycles. The first-order chi connectivity index (χ1) is 9.26. The van der Waals surface area contributed by atoms with Crippen molar-refractivity contribution in [3.05, 3.63) is 53.1 Å². The van der Waals surface area contributed by atoms with Gasteiger partial charge in [0.15, 0.2) is 0 Å². The van der Waals surface area contributed by atoms with E-state index < -0.39 is 0 Å². The molecule has 0 fully saturated rings. The number of methoxy groups -OCH3 is 2. The Balaban J connectivity index is 2.19. The van der Waals surface area contributed by atoms with Crippen LogP contribution in [0.2, 0.25) is 5.02 Å². The average molecular weight is 278 g/mol. The van der Waals surface area contributed by atoms with E-state index in [9.17, 15) is 0 Å². The second-order valence-corrected chi connectivity index (χ2v) is 4.38. The Bertz CT molecular complexity index is 558. The van der Waals surface area contributed by atoms with Crippen molar-refractivity contribution < 1.29 is 9.47 Å². The van der Waals surface area contributed by atoms with E-state index in [4.69, 9.17) is 21.1 Å². The summed E-state index contributed by atoms with van der Waals surface area (Å²) in [6.07, 6.45) is 0. The van der Waals surface area contributed by atoms with Crippen molar-refractivity contribution in [2.45, 2.75) is 6.54 Å². The Morgan fingerprint density at radius 1 is 0.947 bits per heavy atom. The fourth-order valence-corrected chi connectivity index (χ4v) is 2.11. The highest BCUT2D eigenvalue weighted by atomic mass is 35.5. The third kappa shape index (κ3) is 3.12. The van der Waals surface area contributed by atoms with Crippen molar-refractivity contribution in [1.29, 1.82) is 0 Å². The summed E-state index contributed by atoms with van der Waals surface area (Å²) in [7, 11) is 3.29. The number of benzene rings is 2. The maximum Gasteiger partial charge on any atom is 0.141 e. The van der Waals surface area contributed by atoms with Gasteiger partial charge in [-0.05, 0) is 24.3 Å². The molecule has 0 saturated heterocycles. The molecule has 0 unspecified atom stereocenters. The lowest BCUT2D eigenvalue weighted by atomic mass is 10.2. The van der Waals surface area contributed by atoms with Gasteiger partial charge in [0.2, 0.25) is 0 Å². The van der Waals surface area contributed by atoms with Crippen molar-refractivity contribution in [2.24, 2.45) is 0 Å². The zero-order chi connectivity index (χ0) is 13.7. The number of ether oxygens (including phenoxy) is 2. The standard InChI is InChI=1S/C15H16ClNO2/c1-18-14-9-5-6-12(16)11(14)10-17-13-7-3-4-8-15(13)19-2/h3-9,17H,10H2,1-2H3. The normalized spacial score (nSPS) is 10.1. The SMILES string of the molecule is COc1ccccc1NCc1c(Cl)cccc1OC. The number of halogens is 1. The molecule has 100 valence electrons. The van der Waals surface area contributed by atoms with E-state index in [0.29, 0.717) is 11.6 Å². The van der Waals surface area contributed by atoms with E-state index in [-0.39, 0.29) is 0 Å². The number of hydrogen-bond donors (Lipinski definition) is 1. The molecule has 0 bridgehead atoms. The van der Waals surface area contributed by atoms with Gasteiger partial charge in [-0.2, -0.15) is 0 Å². The highest BCUT2D eigenvalue weighted by molar-refractivity contribution is 6.31. The first kappa shape index (κ1) is 13.6. The summed E-state index contributed by atoms with van der Waals surface area (Å²) in [6, 6.07) is 13.4. The van der Waals surface area contributed by atoms with E-state index in [0.717, 1.165) is 22.7 Å². The van der Waals surface area contributed by atoms with E-state index in [1.807, 2.05) is 42.5 Å². The minimum Gasteiger partial charge on any atom is -0.496 e. The molecule has 0 aliphatic carbocycles. The summed E-state index contributed by atoms with van der Waals surface area (Å²) in [5.74, 6) is 1.57. The number of para-hydroxylation sites is 2. The maximum atomic E-state index is 6.20. The van der Waals surface area contributed by atoms with E-state index in [2.05, 4.69) is 5.32 Å². The lowest BCUT2D eigenvalue weighted by molar-refractivity contribution is 0.409. The molecule has 0 aliphatic rings. The van der Waals surface area contributed by atoms with E-state index >= 15 is 0 Å². The van der Waals surface area contributed by atoms with Crippen LogP contribution in [0.5, 0.6) is 11.5 Å². The topological polar surface area (TPSA) is 30.5 Å². The Morgan fingerprint density at radius 3 is 2.37 bits per heavy atom. The van der Waals surface area contributed by atoms with Crippen molar-refractivity contribution in [1.82, 2.24) is 0 Å². The minimum absolute atomic E-state index is 0.573. The Kier molecular flexibility index (Phi) is 4.53. The van der Waals surface area contributed by atoms with Crippen LogP contribution in [0, 0.1) is 0 Å². The van der Waals surface area contributed by atoms with Gasteiger partial charge in [-0.25, -0.2) is 0 Å². The van der Waals surface area contributed by atoms with Gasteiger partial charge in [0, 0.05) is 17.1 Å². The largest absolute Gasteiger partial charge is 0.496 e. The molecule has 0 radical (unpaired) electrons. The average Bonchev–Trinajstić information content (AvgIpc) is 2.46. The molecule has 19 heavy (non-hydrogen) atoms. The van der Waals surface area contributed by atoms with Crippen molar-refractivity contribution in [3.63, 3.8) is 0 Å². The number of rotatable bonds is 5. The summed E-state index contributed by atoms with van der Waals surface area (Å²) >= 11 is 6.20. The van der Waals surface area contributed by atoms with Crippen molar-refractivity contribution in [2.75, 3.05) is 19.5 Å². The Hall–Kier alpha value is -1.87. The minimum atomic E-state index is 0.573. The molecule has 0 spiro atoms. The number of nitrogens with one attached hydrogen (secondary N) is 1. The molecule has 1 N–H and O–H groups in total. The Morgan fingerprint density at radius 2 is 1.63 bits per heavy atom. The van der Waals surface area contributed by atoms with Crippen LogP contribution < -0.4 is 14.8 Å². The van der Waals surface area contributed by atoms with E-state index in [1.165, 1.54) is 0 Å². The van der Waals surface area contributed by atoms with Gasteiger partial charge in [-0.15, -0.1) is 0 Å². The van der Waals surface area contributed by atoms with Crippen LogP contribution in [0.15, 0.2) is 42.5 Å². The van der Waals surface area contributed by atoms with Crippen LogP contribution >= 0.6 is 11.6 Å². The summed E-state index contributed by atoms with van der Waals surface area (Å²) in [6.45, 7) is 0.573. The third-order valence-electron chi connectivity index (χ3n) is 2.86. The van der Waals surface area contributed by atoms with Gasteiger partial charge in [-0.1, -0.05) is 29.8 Å². The number of hydrogen-bond acceptors (Lipinski definition) is 3. The first-order valence-corrected chi connectivity index (χ1v) is 6.32. The molecular formula is C15H16ClNO2. The van der Waals surface area contributed by atoms with E-state index in [1.54, 1.807) is 14.2 Å². The summed E-state index contributed by atoms with van der Waals surface area (Å²) in [5.41, 5.74) is 1.85. The molecule has 2 rings (SSSR count). The lowest BCUT2D eigenvalue weighted by Crippen LogP contribution is -2.03. The first-order valence-electron chi connectivity index (χ1n) is 5.94. The zero-order valence-electron chi connectivity index (χ0n) is 10.9. The van der Waals surface area contributed by atoms with Gasteiger partial charge >= 0.3 is 0 Å². The monoisotopic (exact) mass is 277 g/mol. The molecule has 2 aromatic rings. The zero-order valence-corrected chi connectivity index (χ0v) is 11.7. The highest BCUT2D eigenvalue weighted by Gasteiger charge is 2.08. The predicted octanol–water partition coefficient (Wildman–Crippen LogP) is 3.97. The number of anilines is 1. The second-order valence-electron chi connectivity index (χ2n) is 3.97. The van der Waals surface area contributed by atoms with Gasteiger partial charge < -0.3 is 14.8 Å². The molecular weight excluding hydrogens is 262 g/mol. The Labute approximate surface area is 118 Å². The summed E-state index contributed by atoms with van der Waals surface area (Å²) in [4.78, 5) is 0. The maximum absolute atomic E-state index is 6.20. The van der Waals surface area contributed by atoms with Crippen LogP contribution in [0.1, 0.15) is 5.56 Å². The molecule has 0 atom stereocenters.